The molecule has 0 saturated heterocycles. The highest BCUT2D eigenvalue weighted by Gasteiger charge is 2.11. The smallest absolute Gasteiger partial charge is 0.364 e. The first-order valence-electron chi connectivity index (χ1n) is 8.49. The number of anilines is 1. The van der Waals surface area contributed by atoms with Crippen molar-refractivity contribution < 1.29 is 19.2 Å². The molecule has 0 aliphatic heterocycles. The van der Waals surface area contributed by atoms with Crippen molar-refractivity contribution in [3.05, 3.63) is 88.9 Å². The molecule has 0 aliphatic rings. The molecule has 0 spiro atoms. The summed E-state index contributed by atoms with van der Waals surface area (Å²) in [4.78, 5) is 29.1. The van der Waals surface area contributed by atoms with E-state index in [0.29, 0.717) is 27.7 Å². The minimum atomic E-state index is -0.608. The molecular formula is C21H16ClN3O4. The van der Waals surface area contributed by atoms with E-state index in [9.17, 15) is 9.59 Å². The maximum absolute atomic E-state index is 12.1. The number of carbonyl (C=O) groups is 2. The summed E-state index contributed by atoms with van der Waals surface area (Å²) >= 11 is 5.96. The van der Waals surface area contributed by atoms with E-state index in [0.717, 1.165) is 0 Å². The fourth-order valence-electron chi connectivity index (χ4n) is 2.30. The third kappa shape index (κ3) is 5.40. The molecule has 29 heavy (non-hydrogen) atoms. The fourth-order valence-corrected chi connectivity index (χ4v) is 2.51. The van der Waals surface area contributed by atoms with Crippen LogP contribution < -0.4 is 10.2 Å². The van der Waals surface area contributed by atoms with Crippen molar-refractivity contribution >= 4 is 34.9 Å². The van der Waals surface area contributed by atoms with Crippen LogP contribution >= 0.6 is 11.6 Å². The summed E-state index contributed by atoms with van der Waals surface area (Å²) in [5, 5.41) is 7.92. The van der Waals surface area contributed by atoms with Crippen LogP contribution in [0.3, 0.4) is 0 Å². The first kappa shape index (κ1) is 20.0. The van der Waals surface area contributed by atoms with Gasteiger partial charge in [-0.15, -0.1) is 10.2 Å². The zero-order valence-electron chi connectivity index (χ0n) is 15.3. The molecule has 1 N–H and O–H groups in total. The molecule has 146 valence electrons. The molecule has 0 bridgehead atoms. The summed E-state index contributed by atoms with van der Waals surface area (Å²) in [6.45, 7) is 0. The zero-order valence-corrected chi connectivity index (χ0v) is 16.1. The summed E-state index contributed by atoms with van der Waals surface area (Å²) < 4.78 is 5.08. The summed E-state index contributed by atoms with van der Waals surface area (Å²) in [6.07, 6.45) is 0. The van der Waals surface area contributed by atoms with Crippen LogP contribution in [-0.2, 0) is 4.84 Å². The molecule has 0 saturated carbocycles. The number of carbonyl (C=O) groups excluding carboxylic acids is 2. The van der Waals surface area contributed by atoms with Gasteiger partial charge in [0.2, 0.25) is 0 Å². The van der Waals surface area contributed by atoms with Crippen LogP contribution in [0.15, 0.2) is 83.0 Å². The number of hydrogen-bond donors (Lipinski definition) is 1. The number of nitrogens with zero attached hydrogens (tertiary/aromatic N) is 2. The summed E-state index contributed by atoms with van der Waals surface area (Å²) in [5.74, 6) is -0.532. The molecule has 0 aromatic heterocycles. The maximum atomic E-state index is 12.1. The van der Waals surface area contributed by atoms with Crippen LogP contribution in [0.5, 0.6) is 5.75 Å². The SMILES string of the molecule is COc1cccc(C(=O)N=Nc2ccc(NOC(=O)c3ccccc3Cl)cc2)c1. The van der Waals surface area contributed by atoms with Gasteiger partial charge in [0, 0.05) is 5.56 Å². The molecular weight excluding hydrogens is 394 g/mol. The lowest BCUT2D eigenvalue weighted by molar-refractivity contribution is 0.0596. The van der Waals surface area contributed by atoms with Crippen LogP contribution in [0.1, 0.15) is 20.7 Å². The average Bonchev–Trinajstić information content (AvgIpc) is 2.77. The Morgan fingerprint density at radius 2 is 1.72 bits per heavy atom. The molecule has 0 heterocycles. The maximum Gasteiger partial charge on any atom is 0.364 e. The van der Waals surface area contributed by atoms with Gasteiger partial charge < -0.3 is 9.57 Å². The number of ether oxygens (including phenoxy) is 1. The van der Waals surface area contributed by atoms with Crippen molar-refractivity contribution in [2.24, 2.45) is 10.2 Å². The van der Waals surface area contributed by atoms with E-state index >= 15 is 0 Å². The Kier molecular flexibility index (Phi) is 6.55. The van der Waals surface area contributed by atoms with Crippen molar-refractivity contribution in [2.75, 3.05) is 12.6 Å². The van der Waals surface area contributed by atoms with Crippen LogP contribution in [0.4, 0.5) is 11.4 Å². The fraction of sp³-hybridized carbons (Fsp3) is 0.0476. The molecule has 1 amide bonds. The van der Waals surface area contributed by atoms with Crippen LogP contribution in [0, 0.1) is 0 Å². The Labute approximate surface area is 171 Å². The normalized spacial score (nSPS) is 10.6. The topological polar surface area (TPSA) is 89.3 Å². The van der Waals surface area contributed by atoms with Gasteiger partial charge in [-0.2, -0.15) is 0 Å². The number of azo groups is 1. The number of rotatable bonds is 6. The van der Waals surface area contributed by atoms with Gasteiger partial charge in [-0.1, -0.05) is 29.8 Å². The second-order valence-electron chi connectivity index (χ2n) is 5.76. The Morgan fingerprint density at radius 3 is 2.45 bits per heavy atom. The Bertz CT molecular complexity index is 1050. The second-order valence-corrected chi connectivity index (χ2v) is 6.16. The molecule has 3 aromatic carbocycles. The summed E-state index contributed by atoms with van der Waals surface area (Å²) in [5.41, 5.74) is 4.14. The van der Waals surface area contributed by atoms with E-state index in [4.69, 9.17) is 21.2 Å². The predicted octanol–water partition coefficient (Wildman–Crippen LogP) is 5.46. The van der Waals surface area contributed by atoms with Crippen molar-refractivity contribution in [1.29, 1.82) is 0 Å². The molecule has 0 aliphatic carbocycles. The lowest BCUT2D eigenvalue weighted by atomic mass is 10.2. The van der Waals surface area contributed by atoms with E-state index in [2.05, 4.69) is 15.7 Å². The molecule has 3 rings (SSSR count). The molecule has 8 heteroatoms. The largest absolute Gasteiger partial charge is 0.497 e. The standard InChI is InChI=1S/C21H16ClN3O4/c1-28-17-6-4-5-14(13-17)20(26)24-23-15-9-11-16(12-10-15)25-29-21(27)18-7-2-3-8-19(18)22/h2-13,25H,1H3. The van der Waals surface area contributed by atoms with E-state index in [1.54, 1.807) is 72.8 Å². The van der Waals surface area contributed by atoms with Gasteiger partial charge in [0.15, 0.2) is 0 Å². The molecule has 3 aromatic rings. The summed E-state index contributed by atoms with van der Waals surface area (Å²) in [6, 6.07) is 19.7. The number of nitrogens with one attached hydrogen (secondary N) is 1. The molecule has 7 nitrogen and oxygen atoms in total. The minimum absolute atomic E-state index is 0.253. The number of benzene rings is 3. The Morgan fingerprint density at radius 1 is 0.966 bits per heavy atom. The quantitative estimate of drug-likeness (QED) is 0.431. The van der Waals surface area contributed by atoms with E-state index in [-0.39, 0.29) is 5.56 Å². The highest BCUT2D eigenvalue weighted by atomic mass is 35.5. The number of methoxy groups -OCH3 is 1. The van der Waals surface area contributed by atoms with Gasteiger partial charge in [-0.25, -0.2) is 10.3 Å². The first-order valence-corrected chi connectivity index (χ1v) is 8.86. The van der Waals surface area contributed by atoms with E-state index in [1.807, 2.05) is 0 Å². The van der Waals surface area contributed by atoms with Crippen LogP contribution in [0.2, 0.25) is 5.02 Å². The summed E-state index contributed by atoms with van der Waals surface area (Å²) in [7, 11) is 1.52. The van der Waals surface area contributed by atoms with Gasteiger partial charge in [0.1, 0.15) is 5.75 Å². The van der Waals surface area contributed by atoms with Gasteiger partial charge in [0.25, 0.3) is 5.91 Å². The molecule has 0 unspecified atom stereocenters. The molecule has 0 radical (unpaired) electrons. The third-order valence-electron chi connectivity index (χ3n) is 3.80. The van der Waals surface area contributed by atoms with Crippen molar-refractivity contribution in [2.45, 2.75) is 0 Å². The van der Waals surface area contributed by atoms with Crippen LogP contribution in [-0.4, -0.2) is 19.0 Å². The molecule has 0 fully saturated rings. The Hall–Kier alpha value is -3.71. The Balaban J connectivity index is 1.58. The van der Waals surface area contributed by atoms with Crippen molar-refractivity contribution in [3.8, 4) is 5.75 Å². The lowest BCUT2D eigenvalue weighted by Crippen LogP contribution is -2.11. The monoisotopic (exact) mass is 409 g/mol. The molecule has 0 atom stereocenters. The van der Waals surface area contributed by atoms with Crippen molar-refractivity contribution in [1.82, 2.24) is 0 Å². The highest BCUT2D eigenvalue weighted by Crippen LogP contribution is 2.20. The number of amides is 1. The van der Waals surface area contributed by atoms with Crippen molar-refractivity contribution in [3.63, 3.8) is 0 Å². The number of hydrogen-bond acceptors (Lipinski definition) is 6. The van der Waals surface area contributed by atoms with Gasteiger partial charge >= 0.3 is 5.97 Å². The first-order chi connectivity index (χ1) is 14.1. The van der Waals surface area contributed by atoms with Gasteiger partial charge in [-0.05, 0) is 54.6 Å². The van der Waals surface area contributed by atoms with E-state index < -0.39 is 11.9 Å². The van der Waals surface area contributed by atoms with Gasteiger partial charge in [-0.3, -0.25) is 4.79 Å². The third-order valence-corrected chi connectivity index (χ3v) is 4.13. The predicted molar refractivity (Wildman–Crippen MR) is 109 cm³/mol. The highest BCUT2D eigenvalue weighted by molar-refractivity contribution is 6.33. The van der Waals surface area contributed by atoms with E-state index in [1.165, 1.54) is 7.11 Å². The van der Waals surface area contributed by atoms with Crippen LogP contribution in [0.25, 0.3) is 0 Å². The lowest BCUT2D eigenvalue weighted by Gasteiger charge is -2.07. The minimum Gasteiger partial charge on any atom is -0.497 e. The van der Waals surface area contributed by atoms with Gasteiger partial charge in [0.05, 0.1) is 29.1 Å². The average molecular weight is 410 g/mol. The number of halogens is 1. The second kappa shape index (κ2) is 9.48. The zero-order chi connectivity index (χ0) is 20.6.